The molecule has 7 heteroatoms. The lowest BCUT2D eigenvalue weighted by Crippen LogP contribution is -2.50. The highest BCUT2D eigenvalue weighted by molar-refractivity contribution is 5.81. The lowest BCUT2D eigenvalue weighted by molar-refractivity contribution is -0.154. The van der Waals surface area contributed by atoms with Crippen LogP contribution in [0, 0.1) is 11.3 Å². The molecule has 0 aromatic heterocycles. The number of piperidine rings is 1. The smallest absolute Gasteiger partial charge is 0.416 e. The maximum atomic E-state index is 12.8. The topological polar surface area (TPSA) is 57.6 Å². The zero-order valence-corrected chi connectivity index (χ0v) is 15.0. The molecule has 144 valence electrons. The van der Waals surface area contributed by atoms with Gasteiger partial charge in [-0.1, -0.05) is 19.1 Å². The van der Waals surface area contributed by atoms with Crippen molar-refractivity contribution < 1.29 is 27.9 Å². The number of hydrogen-bond acceptors (Lipinski definition) is 2. The Hall–Kier alpha value is -2.05. The summed E-state index contributed by atoms with van der Waals surface area (Å²) in [6, 6.07) is 4.84. The van der Waals surface area contributed by atoms with Crippen molar-refractivity contribution in [2.24, 2.45) is 11.3 Å². The minimum absolute atomic E-state index is 0.125. The lowest BCUT2D eigenvalue weighted by Gasteiger charge is -2.39. The molecule has 1 amide bonds. The van der Waals surface area contributed by atoms with E-state index in [0.29, 0.717) is 37.8 Å². The van der Waals surface area contributed by atoms with Crippen LogP contribution in [0.4, 0.5) is 13.2 Å². The van der Waals surface area contributed by atoms with E-state index < -0.39 is 23.1 Å². The summed E-state index contributed by atoms with van der Waals surface area (Å²) in [5.41, 5.74) is -0.995. The first kappa shape index (κ1) is 20.3. The van der Waals surface area contributed by atoms with Gasteiger partial charge in [0.05, 0.1) is 11.0 Å². The number of carbonyl (C=O) groups excluding carboxylic acids is 1. The van der Waals surface area contributed by atoms with E-state index in [9.17, 15) is 27.9 Å². The predicted molar refractivity (Wildman–Crippen MR) is 90.5 cm³/mol. The van der Waals surface area contributed by atoms with E-state index in [1.807, 2.05) is 6.92 Å². The van der Waals surface area contributed by atoms with Gasteiger partial charge < -0.3 is 10.0 Å². The fourth-order valence-corrected chi connectivity index (χ4v) is 3.38. The minimum atomic E-state index is -4.38. The largest absolute Gasteiger partial charge is 0.481 e. The normalized spacial score (nSPS) is 22.1. The Labute approximate surface area is 151 Å². The van der Waals surface area contributed by atoms with E-state index >= 15 is 0 Å². The van der Waals surface area contributed by atoms with Crippen LogP contribution in [-0.4, -0.2) is 35.0 Å². The fourth-order valence-electron chi connectivity index (χ4n) is 3.38. The van der Waals surface area contributed by atoms with Crippen molar-refractivity contribution >= 4 is 11.9 Å². The molecule has 1 fully saturated rings. The van der Waals surface area contributed by atoms with E-state index in [1.54, 1.807) is 11.8 Å². The van der Waals surface area contributed by atoms with Crippen LogP contribution in [0.2, 0.25) is 0 Å². The van der Waals surface area contributed by atoms with Crippen molar-refractivity contribution in [2.75, 3.05) is 13.1 Å². The van der Waals surface area contributed by atoms with Gasteiger partial charge in [-0.3, -0.25) is 9.59 Å². The van der Waals surface area contributed by atoms with Gasteiger partial charge in [0.2, 0.25) is 5.91 Å². The average molecular weight is 371 g/mol. The van der Waals surface area contributed by atoms with Gasteiger partial charge in [0.1, 0.15) is 0 Å². The van der Waals surface area contributed by atoms with E-state index in [1.165, 1.54) is 12.1 Å². The molecule has 1 aliphatic heterocycles. The van der Waals surface area contributed by atoms with Crippen molar-refractivity contribution in [1.29, 1.82) is 0 Å². The summed E-state index contributed by atoms with van der Waals surface area (Å²) in [5.74, 6) is -1.41. The molecule has 2 unspecified atom stereocenters. The summed E-state index contributed by atoms with van der Waals surface area (Å²) in [7, 11) is 0. The molecule has 1 saturated heterocycles. The number of aliphatic carboxylic acids is 1. The van der Waals surface area contributed by atoms with Crippen LogP contribution < -0.4 is 0 Å². The Morgan fingerprint density at radius 1 is 1.27 bits per heavy atom. The Balaban J connectivity index is 2.08. The maximum absolute atomic E-state index is 12.8. The molecule has 1 N–H and O–H groups in total. The molecule has 1 aromatic rings. The van der Waals surface area contributed by atoms with Gasteiger partial charge in [0.15, 0.2) is 0 Å². The third-order valence-electron chi connectivity index (χ3n) is 5.13. The van der Waals surface area contributed by atoms with Gasteiger partial charge in [-0.15, -0.1) is 0 Å². The number of carboxylic acid groups (broad SMARTS) is 1. The summed E-state index contributed by atoms with van der Waals surface area (Å²) in [4.78, 5) is 25.9. The molecule has 0 saturated carbocycles. The van der Waals surface area contributed by atoms with Crippen molar-refractivity contribution in [3.8, 4) is 0 Å². The Morgan fingerprint density at radius 2 is 1.88 bits per heavy atom. The Bertz CT molecular complexity index is 657. The summed E-state index contributed by atoms with van der Waals surface area (Å²) in [6.07, 6.45) is -2.34. The first-order valence-electron chi connectivity index (χ1n) is 8.75. The number of likely N-dealkylation sites (tertiary alicyclic amines) is 1. The maximum Gasteiger partial charge on any atom is 0.416 e. The highest BCUT2D eigenvalue weighted by Gasteiger charge is 2.40. The molecule has 26 heavy (non-hydrogen) atoms. The summed E-state index contributed by atoms with van der Waals surface area (Å²) in [6.45, 7) is 4.19. The van der Waals surface area contributed by atoms with Crippen molar-refractivity contribution in [3.63, 3.8) is 0 Å². The molecule has 1 heterocycles. The Morgan fingerprint density at radius 3 is 2.38 bits per heavy atom. The van der Waals surface area contributed by atoms with Crippen molar-refractivity contribution in [2.45, 2.75) is 45.7 Å². The molecule has 1 aromatic carbocycles. The number of alkyl halides is 3. The third-order valence-corrected chi connectivity index (χ3v) is 5.13. The number of nitrogens with zero attached hydrogens (tertiary/aromatic N) is 1. The first-order chi connectivity index (χ1) is 12.1. The zero-order chi connectivity index (χ0) is 19.5. The highest BCUT2D eigenvalue weighted by atomic mass is 19.4. The molecule has 0 radical (unpaired) electrons. The van der Waals surface area contributed by atoms with Crippen molar-refractivity contribution in [1.82, 2.24) is 4.90 Å². The second-order valence-electron chi connectivity index (χ2n) is 7.23. The monoisotopic (exact) mass is 371 g/mol. The van der Waals surface area contributed by atoms with Crippen LogP contribution in [0.5, 0.6) is 0 Å². The predicted octanol–water partition coefficient (Wildman–Crippen LogP) is 3.99. The average Bonchev–Trinajstić information content (AvgIpc) is 2.58. The van der Waals surface area contributed by atoms with Gasteiger partial charge >= 0.3 is 12.1 Å². The van der Waals surface area contributed by atoms with E-state index in [-0.39, 0.29) is 18.4 Å². The molecule has 0 bridgehead atoms. The van der Waals surface area contributed by atoms with Gasteiger partial charge in [-0.05, 0) is 50.3 Å². The second-order valence-corrected chi connectivity index (χ2v) is 7.23. The van der Waals surface area contributed by atoms with Crippen LogP contribution >= 0.6 is 0 Å². The number of benzene rings is 1. The van der Waals surface area contributed by atoms with E-state index in [0.717, 1.165) is 12.1 Å². The van der Waals surface area contributed by atoms with Gasteiger partial charge in [0, 0.05) is 19.0 Å². The first-order valence-corrected chi connectivity index (χ1v) is 8.75. The summed E-state index contributed by atoms with van der Waals surface area (Å²) >= 11 is 0. The lowest BCUT2D eigenvalue weighted by atomic mass is 9.81. The second kappa shape index (κ2) is 7.68. The molecular formula is C19H24F3NO3. The number of hydrogen-bond donors (Lipinski definition) is 1. The van der Waals surface area contributed by atoms with E-state index in [2.05, 4.69) is 0 Å². The standard InChI is InChI=1S/C19H24F3NO3/c1-3-14(11-13-5-7-15(8-6-13)19(20,21)22)16(24)23-10-4-9-18(2,12-23)17(25)26/h5-8,14H,3-4,9-12H2,1-2H3,(H,25,26). The number of halogens is 3. The molecule has 2 atom stereocenters. The van der Waals surface area contributed by atoms with Gasteiger partial charge in [-0.25, -0.2) is 0 Å². The zero-order valence-electron chi connectivity index (χ0n) is 15.0. The van der Waals surface area contributed by atoms with Crippen LogP contribution in [0.25, 0.3) is 0 Å². The molecule has 0 aliphatic carbocycles. The molecular weight excluding hydrogens is 347 g/mol. The molecule has 1 aliphatic rings. The molecule has 0 spiro atoms. The van der Waals surface area contributed by atoms with Crippen LogP contribution in [0.1, 0.15) is 44.2 Å². The number of amides is 1. The van der Waals surface area contributed by atoms with Crippen LogP contribution in [-0.2, 0) is 22.2 Å². The van der Waals surface area contributed by atoms with Gasteiger partial charge in [-0.2, -0.15) is 13.2 Å². The third kappa shape index (κ3) is 4.56. The minimum Gasteiger partial charge on any atom is -0.481 e. The molecule has 4 nitrogen and oxygen atoms in total. The summed E-state index contributed by atoms with van der Waals surface area (Å²) < 4.78 is 37.9. The van der Waals surface area contributed by atoms with Crippen LogP contribution in [0.3, 0.4) is 0 Å². The fraction of sp³-hybridized carbons (Fsp3) is 0.579. The SMILES string of the molecule is CCC(Cc1ccc(C(F)(F)F)cc1)C(=O)N1CCCC(C)(C(=O)O)C1. The number of carbonyl (C=O) groups is 2. The van der Waals surface area contributed by atoms with Gasteiger partial charge in [0.25, 0.3) is 0 Å². The summed E-state index contributed by atoms with van der Waals surface area (Å²) in [5, 5.41) is 9.39. The quantitative estimate of drug-likeness (QED) is 0.852. The number of carboxylic acids is 1. The molecule has 2 rings (SSSR count). The number of rotatable bonds is 5. The highest BCUT2D eigenvalue weighted by Crippen LogP contribution is 2.32. The van der Waals surface area contributed by atoms with E-state index in [4.69, 9.17) is 0 Å². The van der Waals surface area contributed by atoms with Crippen molar-refractivity contribution in [3.05, 3.63) is 35.4 Å². The Kier molecular flexibility index (Phi) is 5.98. The van der Waals surface area contributed by atoms with Crippen LogP contribution in [0.15, 0.2) is 24.3 Å².